The van der Waals surface area contributed by atoms with Gasteiger partial charge in [0.25, 0.3) is 0 Å². The molecule has 1 aliphatic heterocycles. The van der Waals surface area contributed by atoms with Gasteiger partial charge in [0.2, 0.25) is 5.91 Å². The second-order valence-corrected chi connectivity index (χ2v) is 6.04. The van der Waals surface area contributed by atoms with Crippen molar-refractivity contribution in [1.29, 1.82) is 0 Å². The third-order valence-corrected chi connectivity index (χ3v) is 4.40. The van der Waals surface area contributed by atoms with Gasteiger partial charge in [-0.3, -0.25) is 9.79 Å². The second-order valence-electron chi connectivity index (χ2n) is 6.04. The Morgan fingerprint density at radius 3 is 2.96 bits per heavy atom. The maximum Gasteiger partial charge on any atom is 0.222 e. The van der Waals surface area contributed by atoms with E-state index in [1.54, 1.807) is 13.3 Å². The number of ether oxygens (including phenoxy) is 1. The van der Waals surface area contributed by atoms with Crippen molar-refractivity contribution in [2.24, 2.45) is 4.99 Å². The van der Waals surface area contributed by atoms with Gasteiger partial charge in [0.15, 0.2) is 0 Å². The molecule has 1 aliphatic rings. The van der Waals surface area contributed by atoms with E-state index in [9.17, 15) is 4.79 Å². The van der Waals surface area contributed by atoms with E-state index in [0.717, 1.165) is 28.0 Å². The van der Waals surface area contributed by atoms with Crippen LogP contribution in [0.2, 0.25) is 0 Å². The zero-order valence-corrected chi connectivity index (χ0v) is 14.7. The summed E-state index contributed by atoms with van der Waals surface area (Å²) in [4.78, 5) is 18.1. The van der Waals surface area contributed by atoms with E-state index in [-0.39, 0.29) is 5.91 Å². The first-order chi connectivity index (χ1) is 12.1. The van der Waals surface area contributed by atoms with Gasteiger partial charge in [0, 0.05) is 43.0 Å². The minimum Gasteiger partial charge on any atom is -0.491 e. The first kappa shape index (κ1) is 17.0. The summed E-state index contributed by atoms with van der Waals surface area (Å²) in [5.74, 6) is 0.981. The third kappa shape index (κ3) is 3.50. The molecule has 2 aromatic rings. The highest BCUT2D eigenvalue weighted by atomic mass is 16.5. The van der Waals surface area contributed by atoms with Gasteiger partial charge in [0.05, 0.1) is 6.54 Å². The minimum absolute atomic E-state index is 0.143. The van der Waals surface area contributed by atoms with Crippen molar-refractivity contribution in [2.45, 2.75) is 19.9 Å². The first-order valence-corrected chi connectivity index (χ1v) is 8.48. The van der Waals surface area contributed by atoms with E-state index in [1.165, 1.54) is 0 Å². The fourth-order valence-corrected chi connectivity index (χ4v) is 3.11. The van der Waals surface area contributed by atoms with Crippen LogP contribution in [0.3, 0.4) is 0 Å². The van der Waals surface area contributed by atoms with Gasteiger partial charge in [-0.05, 0) is 29.3 Å². The van der Waals surface area contributed by atoms with Gasteiger partial charge in [-0.1, -0.05) is 25.1 Å². The summed E-state index contributed by atoms with van der Waals surface area (Å²) in [6.07, 6.45) is 2.28. The number of hydrogen-bond acceptors (Lipinski definition) is 4. The van der Waals surface area contributed by atoms with E-state index in [4.69, 9.17) is 10.5 Å². The molecule has 0 aromatic heterocycles. The van der Waals surface area contributed by atoms with Crippen LogP contribution in [0.15, 0.2) is 41.4 Å². The summed E-state index contributed by atoms with van der Waals surface area (Å²) in [5.41, 5.74) is 10.8. The quantitative estimate of drug-likeness (QED) is 0.691. The molecule has 5 nitrogen and oxygen atoms in total. The molecule has 0 saturated heterocycles. The molecule has 0 atom stereocenters. The Hall–Kier alpha value is -2.82. The Morgan fingerprint density at radius 1 is 1.36 bits per heavy atom. The number of amides is 1. The van der Waals surface area contributed by atoms with Crippen LogP contribution in [-0.2, 0) is 11.3 Å². The molecule has 1 heterocycles. The van der Waals surface area contributed by atoms with E-state index in [1.807, 2.05) is 42.2 Å². The number of nitrogens with two attached hydrogens (primary N) is 1. The average Bonchev–Trinajstić information content (AvgIpc) is 2.84. The molecular weight excluding hydrogens is 314 g/mol. The van der Waals surface area contributed by atoms with Crippen molar-refractivity contribution in [3.05, 3.63) is 47.5 Å². The maximum absolute atomic E-state index is 12.1. The summed E-state index contributed by atoms with van der Waals surface area (Å²) in [6.45, 7) is 3.58. The standard InChI is InChI=1S/C20H23N3O2/c1-3-20(24)23-9-10-25-19-8-7-14(11-15(19)13-23)16-5-4-6-18(21)17(16)12-22-2/h4-8,11-12H,3,9-10,13,21H2,1-2H3. The van der Waals surface area contributed by atoms with E-state index in [2.05, 4.69) is 11.1 Å². The van der Waals surface area contributed by atoms with Crippen molar-refractivity contribution in [3.63, 3.8) is 0 Å². The molecule has 1 amide bonds. The molecule has 0 bridgehead atoms. The molecular formula is C20H23N3O2. The number of hydrogen-bond donors (Lipinski definition) is 1. The highest BCUT2D eigenvalue weighted by Gasteiger charge is 2.19. The van der Waals surface area contributed by atoms with Crippen LogP contribution in [0.1, 0.15) is 24.5 Å². The average molecular weight is 337 g/mol. The van der Waals surface area contributed by atoms with Crippen LogP contribution in [0.5, 0.6) is 5.75 Å². The topological polar surface area (TPSA) is 67.9 Å². The fraction of sp³-hybridized carbons (Fsp3) is 0.300. The van der Waals surface area contributed by atoms with Crippen molar-refractivity contribution in [2.75, 3.05) is 25.9 Å². The number of anilines is 1. The number of benzene rings is 2. The highest BCUT2D eigenvalue weighted by Crippen LogP contribution is 2.32. The van der Waals surface area contributed by atoms with Gasteiger partial charge < -0.3 is 15.4 Å². The summed E-state index contributed by atoms with van der Waals surface area (Å²) in [5, 5.41) is 0. The van der Waals surface area contributed by atoms with Gasteiger partial charge in [-0.15, -0.1) is 0 Å². The van der Waals surface area contributed by atoms with Crippen LogP contribution < -0.4 is 10.5 Å². The molecule has 2 aromatic carbocycles. The van der Waals surface area contributed by atoms with Gasteiger partial charge in [0.1, 0.15) is 12.4 Å². The lowest BCUT2D eigenvalue weighted by Gasteiger charge is -2.19. The normalized spacial score (nSPS) is 14.1. The van der Waals surface area contributed by atoms with Crippen molar-refractivity contribution >= 4 is 17.8 Å². The molecule has 0 saturated carbocycles. The zero-order chi connectivity index (χ0) is 17.8. The van der Waals surface area contributed by atoms with Crippen molar-refractivity contribution in [1.82, 2.24) is 4.90 Å². The molecule has 0 fully saturated rings. The third-order valence-electron chi connectivity index (χ3n) is 4.40. The predicted octanol–water partition coefficient (Wildman–Crippen LogP) is 3.12. The molecule has 3 rings (SSSR count). The smallest absolute Gasteiger partial charge is 0.222 e. The van der Waals surface area contributed by atoms with Gasteiger partial charge in [-0.25, -0.2) is 0 Å². The summed E-state index contributed by atoms with van der Waals surface area (Å²) >= 11 is 0. The lowest BCUT2D eigenvalue weighted by Crippen LogP contribution is -2.31. The Morgan fingerprint density at radius 2 is 2.20 bits per heavy atom. The number of aliphatic imine (C=N–C) groups is 1. The van der Waals surface area contributed by atoms with Crippen LogP contribution >= 0.6 is 0 Å². The Balaban J connectivity index is 2.03. The predicted molar refractivity (Wildman–Crippen MR) is 101 cm³/mol. The van der Waals surface area contributed by atoms with Crippen LogP contribution in [-0.4, -0.2) is 37.2 Å². The Labute approximate surface area is 148 Å². The Kier molecular flexibility index (Phi) is 5.03. The van der Waals surface area contributed by atoms with Gasteiger partial charge in [-0.2, -0.15) is 0 Å². The SMILES string of the molecule is CCC(=O)N1CCOc2ccc(-c3cccc(N)c3C=NC)cc2C1. The lowest BCUT2D eigenvalue weighted by molar-refractivity contribution is -0.131. The maximum atomic E-state index is 12.1. The van der Waals surface area contributed by atoms with Crippen LogP contribution in [0.4, 0.5) is 5.69 Å². The zero-order valence-electron chi connectivity index (χ0n) is 14.7. The Bertz CT molecular complexity index is 815. The minimum atomic E-state index is 0.143. The number of rotatable bonds is 3. The van der Waals surface area contributed by atoms with Crippen molar-refractivity contribution in [3.8, 4) is 16.9 Å². The molecule has 0 aliphatic carbocycles. The van der Waals surface area contributed by atoms with Crippen LogP contribution in [0, 0.1) is 0 Å². The van der Waals surface area contributed by atoms with Gasteiger partial charge >= 0.3 is 0 Å². The largest absolute Gasteiger partial charge is 0.491 e. The molecule has 2 N–H and O–H groups in total. The lowest BCUT2D eigenvalue weighted by atomic mass is 9.97. The molecule has 0 spiro atoms. The highest BCUT2D eigenvalue weighted by molar-refractivity contribution is 5.96. The van der Waals surface area contributed by atoms with Crippen molar-refractivity contribution < 1.29 is 9.53 Å². The monoisotopic (exact) mass is 337 g/mol. The molecule has 0 unspecified atom stereocenters. The molecule has 5 heteroatoms. The summed E-state index contributed by atoms with van der Waals surface area (Å²) in [7, 11) is 1.73. The van der Waals surface area contributed by atoms with E-state index >= 15 is 0 Å². The number of carbonyl (C=O) groups excluding carboxylic acids is 1. The first-order valence-electron chi connectivity index (χ1n) is 8.48. The fourth-order valence-electron chi connectivity index (χ4n) is 3.11. The van der Waals surface area contributed by atoms with Crippen LogP contribution in [0.25, 0.3) is 11.1 Å². The molecule has 0 radical (unpaired) electrons. The second kappa shape index (κ2) is 7.38. The number of nitrogens with zero attached hydrogens (tertiary/aromatic N) is 2. The van der Waals surface area contributed by atoms with E-state index in [0.29, 0.717) is 31.8 Å². The number of carbonyl (C=O) groups is 1. The number of nitrogen functional groups attached to an aromatic ring is 1. The molecule has 25 heavy (non-hydrogen) atoms. The van der Waals surface area contributed by atoms with E-state index < -0.39 is 0 Å². The number of fused-ring (bicyclic) bond motifs is 1. The summed E-state index contributed by atoms with van der Waals surface area (Å²) in [6, 6.07) is 11.9. The molecule has 130 valence electrons. The summed E-state index contributed by atoms with van der Waals surface area (Å²) < 4.78 is 5.82.